The van der Waals surface area contributed by atoms with Crippen molar-refractivity contribution in [3.05, 3.63) is 22.7 Å². The Labute approximate surface area is 120 Å². The number of ether oxygens (including phenoxy) is 2. The van der Waals surface area contributed by atoms with Crippen LogP contribution >= 0.6 is 11.6 Å². The zero-order valence-electron chi connectivity index (χ0n) is 11.7. The third-order valence-electron chi connectivity index (χ3n) is 3.52. The van der Waals surface area contributed by atoms with E-state index in [0.29, 0.717) is 11.1 Å². The van der Waals surface area contributed by atoms with Crippen molar-refractivity contribution in [1.29, 1.82) is 0 Å². The summed E-state index contributed by atoms with van der Waals surface area (Å²) < 4.78 is 11.6. The van der Waals surface area contributed by atoms with Crippen molar-refractivity contribution >= 4 is 11.6 Å². The molecule has 0 amide bonds. The van der Waals surface area contributed by atoms with E-state index >= 15 is 0 Å². The minimum absolute atomic E-state index is 0.305. The first-order valence-corrected chi connectivity index (χ1v) is 7.30. The average Bonchev–Trinajstić information content (AvgIpc) is 2.43. The highest BCUT2D eigenvalue weighted by Gasteiger charge is 2.19. The van der Waals surface area contributed by atoms with E-state index in [2.05, 4.69) is 5.32 Å². The molecule has 1 aromatic carbocycles. The summed E-state index contributed by atoms with van der Waals surface area (Å²) in [5.74, 6) is 1.57. The van der Waals surface area contributed by atoms with E-state index in [9.17, 15) is 0 Å². The molecule has 0 radical (unpaired) electrons. The highest BCUT2D eigenvalue weighted by Crippen LogP contribution is 2.37. The van der Waals surface area contributed by atoms with Gasteiger partial charge in [0.2, 0.25) is 0 Å². The van der Waals surface area contributed by atoms with Crippen molar-refractivity contribution < 1.29 is 9.47 Å². The quantitative estimate of drug-likeness (QED) is 0.892. The van der Waals surface area contributed by atoms with Crippen molar-refractivity contribution in [2.45, 2.75) is 44.8 Å². The number of nitrogens with one attached hydrogen (secondary N) is 1. The standard InChI is InChI=1S/C15H22ClNO2/c1-17-10-11-8-12(16)9-14(18-2)15(11)19-13-6-4-3-5-7-13/h8-9,13,17H,3-7,10H2,1-2H3. The number of hydrogen-bond acceptors (Lipinski definition) is 3. The Kier molecular flexibility index (Phi) is 5.34. The summed E-state index contributed by atoms with van der Waals surface area (Å²) in [6.45, 7) is 0.721. The summed E-state index contributed by atoms with van der Waals surface area (Å²) in [5, 5.41) is 3.82. The van der Waals surface area contributed by atoms with E-state index in [-0.39, 0.29) is 0 Å². The maximum absolute atomic E-state index is 6.19. The Balaban J connectivity index is 2.24. The fourth-order valence-electron chi connectivity index (χ4n) is 2.58. The van der Waals surface area contributed by atoms with Crippen LogP contribution in [0.3, 0.4) is 0 Å². The predicted molar refractivity (Wildman–Crippen MR) is 78.3 cm³/mol. The van der Waals surface area contributed by atoms with Gasteiger partial charge in [-0.3, -0.25) is 0 Å². The summed E-state index contributed by atoms with van der Waals surface area (Å²) in [6, 6.07) is 3.76. The second-order valence-corrected chi connectivity index (χ2v) is 5.44. The van der Waals surface area contributed by atoms with Crippen LogP contribution in [0.1, 0.15) is 37.7 Å². The van der Waals surface area contributed by atoms with Gasteiger partial charge in [-0.1, -0.05) is 18.0 Å². The van der Waals surface area contributed by atoms with E-state index < -0.39 is 0 Å². The molecule has 19 heavy (non-hydrogen) atoms. The Hall–Kier alpha value is -0.930. The zero-order valence-corrected chi connectivity index (χ0v) is 12.4. The van der Waals surface area contributed by atoms with E-state index in [1.165, 1.54) is 19.3 Å². The minimum Gasteiger partial charge on any atom is -0.493 e. The molecule has 0 spiro atoms. The number of methoxy groups -OCH3 is 1. The lowest BCUT2D eigenvalue weighted by Gasteiger charge is -2.25. The molecule has 0 heterocycles. The molecular weight excluding hydrogens is 262 g/mol. The first-order chi connectivity index (χ1) is 9.24. The fourth-order valence-corrected chi connectivity index (χ4v) is 2.81. The monoisotopic (exact) mass is 283 g/mol. The van der Waals surface area contributed by atoms with E-state index in [1.807, 2.05) is 19.2 Å². The van der Waals surface area contributed by atoms with Crippen LogP contribution in [0.5, 0.6) is 11.5 Å². The average molecular weight is 284 g/mol. The van der Waals surface area contributed by atoms with Gasteiger partial charge in [-0.15, -0.1) is 0 Å². The van der Waals surface area contributed by atoms with Crippen LogP contribution < -0.4 is 14.8 Å². The molecule has 106 valence electrons. The predicted octanol–water partition coefficient (Wildman–Crippen LogP) is 3.78. The maximum atomic E-state index is 6.19. The lowest BCUT2D eigenvalue weighted by molar-refractivity contribution is 0.148. The molecule has 0 unspecified atom stereocenters. The van der Waals surface area contributed by atoms with E-state index in [0.717, 1.165) is 36.4 Å². The summed E-state index contributed by atoms with van der Waals surface area (Å²) in [4.78, 5) is 0. The fraction of sp³-hybridized carbons (Fsp3) is 0.600. The first kappa shape index (κ1) is 14.5. The van der Waals surface area contributed by atoms with Gasteiger partial charge in [0.15, 0.2) is 11.5 Å². The third kappa shape index (κ3) is 3.77. The Morgan fingerprint density at radius 1 is 1.26 bits per heavy atom. The first-order valence-electron chi connectivity index (χ1n) is 6.92. The van der Waals surface area contributed by atoms with E-state index in [4.69, 9.17) is 21.1 Å². The smallest absolute Gasteiger partial charge is 0.166 e. The van der Waals surface area contributed by atoms with Crippen molar-refractivity contribution in [2.24, 2.45) is 0 Å². The molecule has 0 aromatic heterocycles. The second-order valence-electron chi connectivity index (χ2n) is 5.00. The van der Waals surface area contributed by atoms with Crippen LogP contribution in [0.2, 0.25) is 5.02 Å². The number of halogens is 1. The Morgan fingerprint density at radius 2 is 2.00 bits per heavy atom. The summed E-state index contributed by atoms with van der Waals surface area (Å²) >= 11 is 6.12. The van der Waals surface area contributed by atoms with Gasteiger partial charge >= 0.3 is 0 Å². The van der Waals surface area contributed by atoms with Crippen LogP contribution in [0.25, 0.3) is 0 Å². The van der Waals surface area contributed by atoms with Gasteiger partial charge < -0.3 is 14.8 Å². The molecule has 1 saturated carbocycles. The molecular formula is C15H22ClNO2. The zero-order chi connectivity index (χ0) is 13.7. The molecule has 1 fully saturated rings. The molecule has 1 N–H and O–H groups in total. The summed E-state index contributed by atoms with van der Waals surface area (Å²) in [5.41, 5.74) is 1.05. The minimum atomic E-state index is 0.305. The summed E-state index contributed by atoms with van der Waals surface area (Å²) in [6.07, 6.45) is 6.39. The van der Waals surface area contributed by atoms with Gasteiger partial charge in [0.05, 0.1) is 13.2 Å². The topological polar surface area (TPSA) is 30.5 Å². The van der Waals surface area contributed by atoms with Crippen LogP contribution in [0.15, 0.2) is 12.1 Å². The molecule has 1 aromatic rings. The van der Waals surface area contributed by atoms with Crippen molar-refractivity contribution in [3.63, 3.8) is 0 Å². The van der Waals surface area contributed by atoms with Crippen LogP contribution in [-0.2, 0) is 6.54 Å². The molecule has 1 aliphatic rings. The molecule has 3 nitrogen and oxygen atoms in total. The molecule has 1 aliphatic carbocycles. The number of rotatable bonds is 5. The van der Waals surface area contributed by atoms with Crippen molar-refractivity contribution in [1.82, 2.24) is 5.32 Å². The van der Waals surface area contributed by atoms with Gasteiger partial charge in [-0.25, -0.2) is 0 Å². The highest BCUT2D eigenvalue weighted by atomic mass is 35.5. The molecule has 0 saturated heterocycles. The molecule has 0 atom stereocenters. The third-order valence-corrected chi connectivity index (χ3v) is 3.74. The van der Waals surface area contributed by atoms with Crippen LogP contribution in [-0.4, -0.2) is 20.3 Å². The number of hydrogen-bond donors (Lipinski definition) is 1. The lowest BCUT2D eigenvalue weighted by atomic mass is 9.97. The molecule has 2 rings (SSSR count). The van der Waals surface area contributed by atoms with Gasteiger partial charge in [-0.05, 0) is 38.8 Å². The normalized spacial score (nSPS) is 16.4. The Morgan fingerprint density at radius 3 is 2.63 bits per heavy atom. The largest absolute Gasteiger partial charge is 0.493 e. The van der Waals surface area contributed by atoms with Crippen molar-refractivity contribution in [3.8, 4) is 11.5 Å². The summed E-state index contributed by atoms with van der Waals surface area (Å²) in [7, 11) is 3.57. The van der Waals surface area contributed by atoms with Gasteiger partial charge in [-0.2, -0.15) is 0 Å². The lowest BCUT2D eigenvalue weighted by Crippen LogP contribution is -2.21. The van der Waals surface area contributed by atoms with Crippen LogP contribution in [0.4, 0.5) is 0 Å². The highest BCUT2D eigenvalue weighted by molar-refractivity contribution is 6.30. The van der Waals surface area contributed by atoms with Gasteiger partial charge in [0.1, 0.15) is 0 Å². The van der Waals surface area contributed by atoms with Crippen LogP contribution in [0, 0.1) is 0 Å². The van der Waals surface area contributed by atoms with Crippen molar-refractivity contribution in [2.75, 3.05) is 14.2 Å². The second kappa shape index (κ2) is 7.01. The SMILES string of the molecule is CNCc1cc(Cl)cc(OC)c1OC1CCCCC1. The van der Waals surface area contributed by atoms with Gasteiger partial charge in [0.25, 0.3) is 0 Å². The van der Waals surface area contributed by atoms with E-state index in [1.54, 1.807) is 7.11 Å². The molecule has 0 aliphatic heterocycles. The number of benzene rings is 1. The maximum Gasteiger partial charge on any atom is 0.166 e. The molecule has 0 bridgehead atoms. The van der Waals surface area contributed by atoms with Gasteiger partial charge in [0, 0.05) is 23.2 Å². The molecule has 4 heteroatoms. The Bertz CT molecular complexity index is 417.